The molecule has 4 aliphatic heterocycles. The third-order valence-electron chi connectivity index (χ3n) is 12.7. The van der Waals surface area contributed by atoms with Crippen LogP contribution < -0.4 is 10.6 Å². The van der Waals surface area contributed by atoms with E-state index in [1.165, 1.54) is 0 Å². The van der Waals surface area contributed by atoms with Gasteiger partial charge in [0.15, 0.2) is 12.6 Å². The number of carbonyl (C=O) groups excluding carboxylic acids is 2. The number of carbonyl (C=O) groups is 2. The van der Waals surface area contributed by atoms with Gasteiger partial charge in [-0.15, -0.1) is 0 Å². The van der Waals surface area contributed by atoms with Gasteiger partial charge in [0.05, 0.1) is 36.0 Å². The second-order valence-electron chi connectivity index (χ2n) is 16.6. The van der Waals surface area contributed by atoms with Gasteiger partial charge in [0.1, 0.15) is 48.7 Å². The molecule has 2 fully saturated rings. The lowest BCUT2D eigenvalue weighted by Gasteiger charge is -2.40. The maximum atomic E-state index is 13.5. The molecule has 7 heterocycles. The van der Waals surface area contributed by atoms with Crippen molar-refractivity contribution in [3.8, 4) is 0 Å². The molecule has 0 spiro atoms. The summed E-state index contributed by atoms with van der Waals surface area (Å²) < 4.78 is 10.4. The van der Waals surface area contributed by atoms with E-state index in [0.717, 1.165) is 55.5 Å². The van der Waals surface area contributed by atoms with Crippen LogP contribution >= 0.6 is 0 Å². The van der Waals surface area contributed by atoms with Gasteiger partial charge in [-0.25, -0.2) is 9.97 Å². The third-order valence-corrected chi connectivity index (χ3v) is 12.7. The van der Waals surface area contributed by atoms with Gasteiger partial charge in [-0.05, 0) is 98.2 Å². The topological polar surface area (TPSA) is 296 Å². The maximum Gasteiger partial charge on any atom is 0.220 e. The zero-order chi connectivity index (χ0) is 46.3. The van der Waals surface area contributed by atoms with Crippen LogP contribution in [0, 0.1) is 13.8 Å². The Morgan fingerprint density at radius 2 is 1.00 bits per heavy atom. The number of hydrogen-bond donors (Lipinski definition) is 12. The molecule has 0 saturated carbocycles. The monoisotopic (exact) mass is 884 g/mol. The minimum atomic E-state index is -1.69. The standard InChI is InChI=1S/C46H56N6O12/c1-7-23-19(3)27-13-28-20(4)24(8-2)32(48-28)15-30-22(6)26(10-12-38(56)52-40-44(60)42(58)36(18-54)64-46(40)62)34(50-30)16-33-25(21(5)29(49-33)14-31(23)47-27)9-11-37(55)51-39-43(59)41(57)35(17-53)63-45(39)61/h7-8,13-16,35-36,39-48,53-54,57-62H,1-2,9-12,17-18H2,3-6H3,(H,51,55)(H,52,56)/t35-,36-,39-,40-,41-,42-,43-,44-,45?,46?/m1/s1. The zero-order valence-electron chi connectivity index (χ0n) is 36.0. The number of nitrogens with one attached hydrogen (secondary N) is 4. The van der Waals surface area contributed by atoms with E-state index in [4.69, 9.17) is 19.4 Å². The summed E-state index contributed by atoms with van der Waals surface area (Å²) in [7, 11) is 0. The number of amides is 2. The quantitative estimate of drug-likeness (QED) is 0.123. The SMILES string of the molecule is C=Cc1c(C)c2cc3[nH]c(cc4nc(cc5nc(cc1[nH]2)C(C)=C5CCC(=O)N[C@H]1C(O)O[C@H](CO)[C@@H](O)[C@@H]1O)C(CCC(=O)N[C@H]1C(O)O[C@H](CO)[C@@H](O)[C@@H]1O)=C4C)c(C=C)c3C. The van der Waals surface area contributed by atoms with E-state index >= 15 is 0 Å². The molecule has 8 bridgehead atoms. The Kier molecular flexibility index (Phi) is 13.8. The molecule has 342 valence electrons. The Hall–Kier alpha value is -5.38. The first-order valence-corrected chi connectivity index (χ1v) is 21.1. The summed E-state index contributed by atoms with van der Waals surface area (Å²) >= 11 is 0. The zero-order valence-corrected chi connectivity index (χ0v) is 36.0. The number of aryl methyl sites for hydroxylation is 2. The van der Waals surface area contributed by atoms with Crippen molar-refractivity contribution >= 4 is 68.3 Å². The number of fused-ring (bicyclic) bond motifs is 8. The van der Waals surface area contributed by atoms with Gasteiger partial charge >= 0.3 is 0 Å². The van der Waals surface area contributed by atoms with E-state index in [1.54, 1.807) is 18.2 Å². The third kappa shape index (κ3) is 8.86. The highest BCUT2D eigenvalue weighted by Crippen LogP contribution is 2.38. The van der Waals surface area contributed by atoms with E-state index in [1.807, 2.05) is 45.9 Å². The van der Waals surface area contributed by atoms with Crippen molar-refractivity contribution in [1.82, 2.24) is 30.6 Å². The number of nitrogens with zero attached hydrogens (tertiary/aromatic N) is 2. The van der Waals surface area contributed by atoms with Gasteiger partial charge in [-0.2, -0.15) is 0 Å². The first-order valence-electron chi connectivity index (χ1n) is 21.1. The number of aromatic amines is 2. The first kappa shape index (κ1) is 46.6. The molecule has 18 heteroatoms. The second kappa shape index (κ2) is 19.0. The van der Waals surface area contributed by atoms with Crippen LogP contribution in [0.2, 0.25) is 0 Å². The molecule has 64 heavy (non-hydrogen) atoms. The summed E-state index contributed by atoms with van der Waals surface area (Å²) in [5.74, 6) is -1.12. The number of aromatic nitrogens is 4. The van der Waals surface area contributed by atoms with Crippen LogP contribution in [0.5, 0.6) is 0 Å². The lowest BCUT2D eigenvalue weighted by atomic mass is 9.96. The largest absolute Gasteiger partial charge is 0.394 e. The average Bonchev–Trinajstić information content (AvgIpc) is 3.93. The lowest BCUT2D eigenvalue weighted by Crippen LogP contribution is -2.64. The summed E-state index contributed by atoms with van der Waals surface area (Å²) in [5, 5.41) is 87.2. The fraction of sp³-hybridized carbons (Fsp3) is 0.435. The van der Waals surface area contributed by atoms with Crippen molar-refractivity contribution in [2.45, 2.75) is 115 Å². The van der Waals surface area contributed by atoms with Crippen LogP contribution in [0.15, 0.2) is 37.4 Å². The van der Waals surface area contributed by atoms with Crippen LogP contribution in [0.1, 0.15) is 84.6 Å². The number of hydrogen-bond acceptors (Lipinski definition) is 14. The van der Waals surface area contributed by atoms with Crippen molar-refractivity contribution in [3.05, 3.63) is 82.5 Å². The Balaban J connectivity index is 1.30. The predicted molar refractivity (Wildman–Crippen MR) is 238 cm³/mol. The minimum absolute atomic E-state index is 0.130. The Morgan fingerprint density at radius 3 is 1.36 bits per heavy atom. The molecular weight excluding hydrogens is 829 g/mol. The molecule has 2 saturated heterocycles. The van der Waals surface area contributed by atoms with Gasteiger partial charge in [0.25, 0.3) is 0 Å². The molecule has 7 rings (SSSR count). The lowest BCUT2D eigenvalue weighted by molar-refractivity contribution is -0.253. The number of aliphatic hydroxyl groups is 8. The van der Waals surface area contributed by atoms with Gasteiger partial charge in [-0.3, -0.25) is 9.59 Å². The van der Waals surface area contributed by atoms with Crippen molar-refractivity contribution in [2.24, 2.45) is 0 Å². The van der Waals surface area contributed by atoms with Crippen molar-refractivity contribution in [1.29, 1.82) is 0 Å². The van der Waals surface area contributed by atoms with E-state index < -0.39 is 86.3 Å². The molecule has 0 aromatic carbocycles. The average molecular weight is 885 g/mol. The van der Waals surface area contributed by atoms with Gasteiger partial charge in [-0.1, -0.05) is 25.3 Å². The van der Waals surface area contributed by atoms with E-state index in [9.17, 15) is 50.4 Å². The smallest absolute Gasteiger partial charge is 0.220 e. The van der Waals surface area contributed by atoms with E-state index in [-0.39, 0.29) is 25.7 Å². The first-order chi connectivity index (χ1) is 30.5. The minimum Gasteiger partial charge on any atom is -0.394 e. The Labute approximate surface area is 368 Å². The summed E-state index contributed by atoms with van der Waals surface area (Å²) in [4.78, 5) is 44.1. The van der Waals surface area contributed by atoms with E-state index in [2.05, 4.69) is 33.8 Å². The normalized spacial score (nSPS) is 27.1. The summed E-state index contributed by atoms with van der Waals surface area (Å²) in [6, 6.07) is 4.88. The van der Waals surface area contributed by atoms with Crippen LogP contribution in [0.3, 0.4) is 0 Å². The molecule has 0 radical (unpaired) electrons. The Morgan fingerprint density at radius 1 is 0.609 bits per heavy atom. The highest BCUT2D eigenvalue weighted by molar-refractivity contribution is 5.97. The fourth-order valence-electron chi connectivity index (χ4n) is 8.80. The fourth-order valence-corrected chi connectivity index (χ4v) is 8.80. The highest BCUT2D eigenvalue weighted by Gasteiger charge is 2.45. The molecule has 2 unspecified atom stereocenters. The van der Waals surface area contributed by atoms with Crippen LogP contribution in [-0.4, -0.2) is 147 Å². The highest BCUT2D eigenvalue weighted by atomic mass is 16.6. The number of ether oxygens (including phenoxy) is 2. The molecule has 10 atom stereocenters. The van der Waals surface area contributed by atoms with Crippen LogP contribution in [0.25, 0.3) is 56.5 Å². The number of allylic oxidation sites excluding steroid dienone is 4. The molecule has 2 amide bonds. The molecule has 18 nitrogen and oxygen atoms in total. The molecule has 3 aromatic heterocycles. The molecule has 12 N–H and O–H groups in total. The second-order valence-corrected chi connectivity index (χ2v) is 16.6. The molecule has 0 aliphatic carbocycles. The van der Waals surface area contributed by atoms with Gasteiger partial charge in [0.2, 0.25) is 11.8 Å². The predicted octanol–water partition coefficient (Wildman–Crippen LogP) is 1.47. The van der Waals surface area contributed by atoms with Crippen LogP contribution in [-0.2, 0) is 19.1 Å². The number of H-pyrrole nitrogens is 2. The van der Waals surface area contributed by atoms with Crippen molar-refractivity contribution in [3.63, 3.8) is 0 Å². The van der Waals surface area contributed by atoms with Gasteiger partial charge in [0, 0.05) is 46.0 Å². The van der Waals surface area contributed by atoms with Crippen LogP contribution in [0.4, 0.5) is 0 Å². The molecular formula is C46H56N6O12. The molecule has 4 aliphatic rings. The Bertz CT molecular complexity index is 2410. The van der Waals surface area contributed by atoms with Gasteiger partial charge < -0.3 is 70.9 Å². The van der Waals surface area contributed by atoms with Crippen molar-refractivity contribution < 1.29 is 59.9 Å². The number of aliphatic hydroxyl groups excluding tert-OH is 8. The molecule has 3 aromatic rings. The maximum absolute atomic E-state index is 13.5. The van der Waals surface area contributed by atoms with Crippen molar-refractivity contribution in [2.75, 3.05) is 13.2 Å². The summed E-state index contributed by atoms with van der Waals surface area (Å²) in [6.45, 7) is 14.6. The summed E-state index contributed by atoms with van der Waals surface area (Å²) in [6.07, 6.45) is -8.62. The summed E-state index contributed by atoms with van der Waals surface area (Å²) in [5.41, 5.74) is 11.9. The van der Waals surface area contributed by atoms with E-state index in [0.29, 0.717) is 33.9 Å². The number of rotatable bonds is 12.